The van der Waals surface area contributed by atoms with E-state index in [1.807, 2.05) is 0 Å². The van der Waals surface area contributed by atoms with E-state index in [0.29, 0.717) is 16.9 Å². The second-order valence-corrected chi connectivity index (χ2v) is 5.30. The minimum atomic E-state index is -4.19. The van der Waals surface area contributed by atoms with Gasteiger partial charge in [0.15, 0.2) is 0 Å². The van der Waals surface area contributed by atoms with Crippen molar-refractivity contribution in [3.63, 3.8) is 0 Å². The summed E-state index contributed by atoms with van der Waals surface area (Å²) < 4.78 is 36.4. The molecule has 7 heteroatoms. The Bertz CT molecular complexity index is 581. The van der Waals surface area contributed by atoms with Crippen molar-refractivity contribution in [3.05, 3.63) is 23.3 Å². The first-order chi connectivity index (χ1) is 7.86. The van der Waals surface area contributed by atoms with Crippen molar-refractivity contribution in [1.29, 1.82) is 0 Å². The van der Waals surface area contributed by atoms with Crippen LogP contribution in [0.4, 0.5) is 0 Å². The van der Waals surface area contributed by atoms with Crippen molar-refractivity contribution < 1.29 is 22.6 Å². The molecule has 0 aliphatic rings. The van der Waals surface area contributed by atoms with Crippen LogP contribution in [0.1, 0.15) is 18.1 Å². The Morgan fingerprint density at radius 2 is 1.89 bits per heavy atom. The third kappa shape index (κ3) is 4.23. The Kier molecular flexibility index (Phi) is 6.21. The van der Waals surface area contributed by atoms with Gasteiger partial charge in [0.05, 0.1) is 4.90 Å². The zero-order chi connectivity index (χ0) is 13.1. The quantitative estimate of drug-likeness (QED) is 0.519. The van der Waals surface area contributed by atoms with Gasteiger partial charge in [0, 0.05) is 5.25 Å². The highest BCUT2D eigenvalue weighted by molar-refractivity contribution is 7.99. The lowest BCUT2D eigenvalue weighted by Gasteiger charge is -2.08. The summed E-state index contributed by atoms with van der Waals surface area (Å²) in [5.41, 5.74) is 1.05. The number of rotatable bonds is 3. The maximum Gasteiger partial charge on any atom is 0.294 e. The third-order valence-electron chi connectivity index (χ3n) is 2.03. The average molecular weight is 290 g/mol. The van der Waals surface area contributed by atoms with Crippen molar-refractivity contribution in [2.24, 2.45) is 0 Å². The van der Waals surface area contributed by atoms with Crippen molar-refractivity contribution in [1.82, 2.24) is 0 Å². The molecule has 0 radical (unpaired) electrons. The van der Waals surface area contributed by atoms with Gasteiger partial charge in [-0.3, -0.25) is 4.55 Å². The van der Waals surface area contributed by atoms with Crippen molar-refractivity contribution in [2.75, 3.05) is 0 Å². The molecule has 0 heterocycles. The molecule has 0 saturated carbocycles. The van der Waals surface area contributed by atoms with Crippen LogP contribution in [-0.2, 0) is 10.1 Å². The molecular formula is C11H14O5S2. The molecule has 1 aromatic carbocycles. The first-order valence-corrected chi connectivity index (χ1v) is 6.88. The molecule has 3 N–H and O–H groups in total. The lowest BCUT2D eigenvalue weighted by atomic mass is 10.1. The molecule has 1 aromatic rings. The largest absolute Gasteiger partial charge is 0.412 e. The fourth-order valence-corrected chi connectivity index (χ4v) is 2.42. The van der Waals surface area contributed by atoms with Gasteiger partial charge in [-0.25, -0.2) is 0 Å². The predicted octanol–water partition coefficient (Wildman–Crippen LogP) is 1.73. The second kappa shape index (κ2) is 6.66. The van der Waals surface area contributed by atoms with E-state index >= 15 is 0 Å². The molecule has 0 aliphatic heterocycles. The minimum absolute atomic E-state index is 0. The van der Waals surface area contributed by atoms with Gasteiger partial charge in [-0.05, 0) is 44.0 Å². The van der Waals surface area contributed by atoms with E-state index in [-0.39, 0.29) is 10.4 Å². The topological polar surface area (TPSA) is 95.1 Å². The smallest absolute Gasteiger partial charge is 0.294 e. The monoisotopic (exact) mass is 290 g/mol. The molecule has 100 valence electrons. The molecule has 0 fully saturated rings. The first-order valence-electron chi connectivity index (χ1n) is 4.70. The highest BCUT2D eigenvalue weighted by Gasteiger charge is 2.15. The van der Waals surface area contributed by atoms with E-state index in [1.165, 1.54) is 6.07 Å². The Balaban J connectivity index is 0.00000289. The van der Waals surface area contributed by atoms with Crippen LogP contribution in [0.3, 0.4) is 0 Å². The van der Waals surface area contributed by atoms with Crippen molar-refractivity contribution in [3.8, 4) is 16.9 Å². The summed E-state index contributed by atoms with van der Waals surface area (Å²) >= 11 is 0.970. The normalized spacial score (nSPS) is 10.0. The number of hydrogen-bond donors (Lipinski definition) is 1. The number of aryl methyl sites for hydroxylation is 2. The predicted molar refractivity (Wildman–Crippen MR) is 71.0 cm³/mol. The lowest BCUT2D eigenvalue weighted by Crippen LogP contribution is -2.02. The van der Waals surface area contributed by atoms with E-state index in [2.05, 4.69) is 11.2 Å². The molecule has 0 unspecified atom stereocenters. The zero-order valence-electron chi connectivity index (χ0n) is 10.1. The van der Waals surface area contributed by atoms with Gasteiger partial charge in [-0.2, -0.15) is 8.42 Å². The van der Waals surface area contributed by atoms with Crippen molar-refractivity contribution in [2.45, 2.75) is 25.7 Å². The summed E-state index contributed by atoms with van der Waals surface area (Å²) in [6.07, 6.45) is 0. The van der Waals surface area contributed by atoms with Gasteiger partial charge in [0.25, 0.3) is 10.1 Å². The summed E-state index contributed by atoms with van der Waals surface area (Å²) in [6.45, 7) is 4.98. The Morgan fingerprint density at radius 1 is 1.28 bits per heavy atom. The highest BCUT2D eigenvalue weighted by atomic mass is 32.2. The SMILES string of the molecule is CC#CSOc1cc(C)c(S(=O)(=O)O)cc1C.O. The van der Waals surface area contributed by atoms with Crippen LogP contribution in [0.15, 0.2) is 17.0 Å². The molecule has 0 atom stereocenters. The Labute approximate surface area is 111 Å². The minimum Gasteiger partial charge on any atom is -0.412 e. The second-order valence-electron chi connectivity index (χ2n) is 3.38. The zero-order valence-corrected chi connectivity index (χ0v) is 11.8. The van der Waals surface area contributed by atoms with Crippen LogP contribution in [-0.4, -0.2) is 18.4 Å². The maximum atomic E-state index is 11.1. The van der Waals surface area contributed by atoms with Gasteiger partial charge in [-0.15, -0.1) is 0 Å². The standard InChI is InChI=1S/C11H12O4S2.H2O/c1-4-5-16-15-10-6-9(3)11(7-8(10)2)17(12,13)14;/h6-7H,1-3H3,(H,12,13,14);1H2. The van der Waals surface area contributed by atoms with Gasteiger partial charge in [0.2, 0.25) is 0 Å². The van der Waals surface area contributed by atoms with Crippen LogP contribution < -0.4 is 4.18 Å². The van der Waals surface area contributed by atoms with Crippen LogP contribution in [0.2, 0.25) is 0 Å². The number of benzene rings is 1. The summed E-state index contributed by atoms with van der Waals surface area (Å²) in [7, 11) is -4.19. The number of hydrogen-bond acceptors (Lipinski definition) is 4. The van der Waals surface area contributed by atoms with Gasteiger partial charge in [0.1, 0.15) is 17.8 Å². The summed E-state index contributed by atoms with van der Waals surface area (Å²) in [5.74, 6) is 3.19. The molecule has 0 saturated heterocycles. The molecular weight excluding hydrogens is 276 g/mol. The fraction of sp³-hybridized carbons (Fsp3) is 0.273. The first kappa shape index (κ1) is 16.8. The fourth-order valence-electron chi connectivity index (χ4n) is 1.24. The van der Waals surface area contributed by atoms with Crippen LogP contribution in [0.5, 0.6) is 5.75 Å². The average Bonchev–Trinajstić information content (AvgIpc) is 2.21. The van der Waals surface area contributed by atoms with Crippen LogP contribution in [0, 0.1) is 25.0 Å². The maximum absolute atomic E-state index is 11.1. The van der Waals surface area contributed by atoms with E-state index in [1.54, 1.807) is 26.8 Å². The lowest BCUT2D eigenvalue weighted by molar-refractivity contribution is 0.482. The van der Waals surface area contributed by atoms with E-state index < -0.39 is 10.1 Å². The Morgan fingerprint density at radius 3 is 2.39 bits per heavy atom. The highest BCUT2D eigenvalue weighted by Crippen LogP contribution is 2.27. The molecule has 0 amide bonds. The molecule has 0 aromatic heterocycles. The van der Waals surface area contributed by atoms with Crippen LogP contribution >= 0.6 is 12.0 Å². The van der Waals surface area contributed by atoms with Crippen molar-refractivity contribution >= 4 is 22.2 Å². The van der Waals surface area contributed by atoms with Crippen LogP contribution in [0.25, 0.3) is 0 Å². The van der Waals surface area contributed by atoms with E-state index in [9.17, 15) is 8.42 Å². The van der Waals surface area contributed by atoms with E-state index in [0.717, 1.165) is 12.0 Å². The van der Waals surface area contributed by atoms with E-state index in [4.69, 9.17) is 8.74 Å². The molecule has 0 aliphatic carbocycles. The molecule has 1 rings (SSSR count). The van der Waals surface area contributed by atoms with Gasteiger partial charge >= 0.3 is 0 Å². The molecule has 0 bridgehead atoms. The van der Waals surface area contributed by atoms with Gasteiger partial charge in [-0.1, -0.05) is 5.92 Å². The molecule has 0 spiro atoms. The Hall–Kier alpha value is -1.20. The summed E-state index contributed by atoms with van der Waals surface area (Å²) in [6, 6.07) is 2.93. The molecule has 5 nitrogen and oxygen atoms in total. The summed E-state index contributed by atoms with van der Waals surface area (Å²) in [5, 5.41) is 2.67. The third-order valence-corrected chi connectivity index (χ3v) is 3.57. The summed E-state index contributed by atoms with van der Waals surface area (Å²) in [4.78, 5) is -0.103. The van der Waals surface area contributed by atoms with Gasteiger partial charge < -0.3 is 9.66 Å². The molecule has 18 heavy (non-hydrogen) atoms.